The van der Waals surface area contributed by atoms with Crippen LogP contribution in [-0.4, -0.2) is 53.1 Å². The van der Waals surface area contributed by atoms with Crippen LogP contribution >= 0.6 is 11.8 Å². The van der Waals surface area contributed by atoms with Gasteiger partial charge in [0.2, 0.25) is 5.16 Å². The minimum atomic E-state index is -0.437. The van der Waals surface area contributed by atoms with Crippen molar-refractivity contribution in [2.75, 3.05) is 26.6 Å². The number of carbonyl (C=O) groups excluding carboxylic acids is 1. The molecule has 8 nitrogen and oxygen atoms in total. The number of rotatable bonds is 6. The minimum Gasteiger partial charge on any atom is -0.497 e. The molecule has 2 aromatic rings. The molecule has 0 aliphatic carbocycles. The number of aromatic nitrogens is 3. The molecule has 0 spiro atoms. The van der Waals surface area contributed by atoms with Gasteiger partial charge in [0.15, 0.2) is 5.82 Å². The topological polar surface area (TPSA) is 87.8 Å². The lowest BCUT2D eigenvalue weighted by Crippen LogP contribution is -2.21. The first kappa shape index (κ1) is 19.0. The fourth-order valence-electron chi connectivity index (χ4n) is 2.51. The van der Waals surface area contributed by atoms with Crippen LogP contribution in [0.25, 0.3) is 6.08 Å². The van der Waals surface area contributed by atoms with Crippen molar-refractivity contribution in [1.82, 2.24) is 14.9 Å². The van der Waals surface area contributed by atoms with Gasteiger partial charge in [-0.3, -0.25) is 0 Å². The Bertz CT molecular complexity index is 898. The Morgan fingerprint density at radius 1 is 1.22 bits per heavy atom. The van der Waals surface area contributed by atoms with E-state index in [2.05, 4.69) is 15.3 Å². The van der Waals surface area contributed by atoms with Gasteiger partial charge in [-0.2, -0.15) is 9.78 Å². The molecule has 1 aliphatic heterocycles. The predicted octanol–water partition coefficient (Wildman–Crippen LogP) is 2.56. The third-order valence-corrected chi connectivity index (χ3v) is 4.75. The van der Waals surface area contributed by atoms with E-state index < -0.39 is 5.97 Å². The average Bonchev–Trinajstić information content (AvgIpc) is 3.06. The first-order valence-electron chi connectivity index (χ1n) is 8.30. The summed E-state index contributed by atoms with van der Waals surface area (Å²) in [5.41, 5.74) is 1.71. The number of ether oxygens (including phenoxy) is 3. The Labute approximate surface area is 161 Å². The smallest absolute Gasteiger partial charge is 0.340 e. The van der Waals surface area contributed by atoms with Gasteiger partial charge in [-0.25, -0.2) is 4.79 Å². The molecule has 1 aliphatic rings. The molecule has 1 aromatic carbocycles. The lowest BCUT2D eigenvalue weighted by atomic mass is 10.1. The number of benzene rings is 1. The molecule has 2 heterocycles. The van der Waals surface area contributed by atoms with E-state index in [0.29, 0.717) is 39.5 Å². The third kappa shape index (κ3) is 4.13. The van der Waals surface area contributed by atoms with Crippen LogP contribution in [0.4, 0.5) is 0 Å². The number of fused-ring (bicyclic) bond motifs is 1. The number of hydrogen-bond donors (Lipinski definition) is 0. The Morgan fingerprint density at radius 2 is 1.93 bits per heavy atom. The van der Waals surface area contributed by atoms with E-state index in [1.54, 1.807) is 38.0 Å². The molecule has 0 fully saturated rings. The second kappa shape index (κ2) is 8.26. The molecule has 1 aromatic heterocycles. The fraction of sp³-hybridized carbons (Fsp3) is 0.333. The highest BCUT2D eigenvalue weighted by Crippen LogP contribution is 2.27. The minimum absolute atomic E-state index is 0.273. The van der Waals surface area contributed by atoms with Crippen LogP contribution in [0.2, 0.25) is 0 Å². The Kier molecular flexibility index (Phi) is 5.80. The zero-order valence-electron chi connectivity index (χ0n) is 15.6. The molecule has 0 radical (unpaired) electrons. The standard InChI is InChI=1S/C18H20N4O4S/c1-5-26-17(23)15(8-12-6-13(24-3)9-14(7-12)25-4)16-10-27-18-20-19-11(2)22(18)21-16/h6-9H,5,10H2,1-4H3. The van der Waals surface area contributed by atoms with Crippen molar-refractivity contribution in [2.45, 2.75) is 19.0 Å². The SMILES string of the molecule is CCOC(=O)C(=Cc1cc(OC)cc(OC)c1)C1=Nn2c(C)nnc2SC1. The van der Waals surface area contributed by atoms with Crippen LogP contribution < -0.4 is 9.47 Å². The first-order valence-corrected chi connectivity index (χ1v) is 9.29. The number of methoxy groups -OCH3 is 2. The van der Waals surface area contributed by atoms with Gasteiger partial charge in [-0.05, 0) is 37.6 Å². The van der Waals surface area contributed by atoms with Gasteiger partial charge >= 0.3 is 5.97 Å². The lowest BCUT2D eigenvalue weighted by Gasteiger charge is -2.15. The van der Waals surface area contributed by atoms with E-state index in [9.17, 15) is 4.79 Å². The maximum Gasteiger partial charge on any atom is 0.340 e. The summed E-state index contributed by atoms with van der Waals surface area (Å²) in [5.74, 6) is 1.96. The maximum atomic E-state index is 12.6. The highest BCUT2D eigenvalue weighted by Gasteiger charge is 2.24. The lowest BCUT2D eigenvalue weighted by molar-refractivity contribution is -0.137. The number of aryl methyl sites for hydroxylation is 1. The highest BCUT2D eigenvalue weighted by molar-refractivity contribution is 7.99. The summed E-state index contributed by atoms with van der Waals surface area (Å²) in [5, 5.41) is 13.3. The third-order valence-electron chi connectivity index (χ3n) is 3.82. The maximum absolute atomic E-state index is 12.6. The van der Waals surface area contributed by atoms with Gasteiger partial charge in [-0.1, -0.05) is 11.8 Å². The zero-order chi connectivity index (χ0) is 19.4. The van der Waals surface area contributed by atoms with Gasteiger partial charge in [0.05, 0.1) is 32.1 Å². The fourth-order valence-corrected chi connectivity index (χ4v) is 3.38. The first-order chi connectivity index (χ1) is 13.0. The Morgan fingerprint density at radius 3 is 2.56 bits per heavy atom. The summed E-state index contributed by atoms with van der Waals surface area (Å²) in [6, 6.07) is 5.39. The van der Waals surface area contributed by atoms with Crippen molar-refractivity contribution in [3.05, 3.63) is 35.2 Å². The molecule has 3 rings (SSSR count). The van der Waals surface area contributed by atoms with Crippen molar-refractivity contribution in [3.8, 4) is 11.5 Å². The number of esters is 1. The molecule has 0 saturated heterocycles. The van der Waals surface area contributed by atoms with Crippen molar-refractivity contribution >= 4 is 29.5 Å². The molecule has 9 heteroatoms. The summed E-state index contributed by atoms with van der Waals surface area (Å²) < 4.78 is 17.5. The number of carbonyl (C=O) groups is 1. The molecule has 0 bridgehead atoms. The number of hydrogen-bond acceptors (Lipinski definition) is 8. The molecule has 0 N–H and O–H groups in total. The van der Waals surface area contributed by atoms with Crippen molar-refractivity contribution < 1.29 is 19.0 Å². The van der Waals surface area contributed by atoms with E-state index in [-0.39, 0.29) is 6.61 Å². The van der Waals surface area contributed by atoms with Gasteiger partial charge in [-0.15, -0.1) is 10.2 Å². The molecule has 0 saturated carbocycles. The van der Waals surface area contributed by atoms with Crippen LogP contribution in [0.1, 0.15) is 18.3 Å². The second-order valence-electron chi connectivity index (χ2n) is 5.60. The normalized spacial score (nSPS) is 13.6. The Hall–Kier alpha value is -2.81. The van der Waals surface area contributed by atoms with Crippen LogP contribution in [0.15, 0.2) is 34.0 Å². The molecule has 0 unspecified atom stereocenters. The van der Waals surface area contributed by atoms with Crippen molar-refractivity contribution in [2.24, 2.45) is 5.10 Å². The van der Waals surface area contributed by atoms with E-state index in [0.717, 1.165) is 5.56 Å². The summed E-state index contributed by atoms with van der Waals surface area (Å²) in [7, 11) is 3.15. The molecular formula is C18H20N4O4S. The Balaban J connectivity index is 2.07. The zero-order valence-corrected chi connectivity index (χ0v) is 16.4. The molecule has 142 valence electrons. The summed E-state index contributed by atoms with van der Waals surface area (Å²) >= 11 is 1.47. The highest BCUT2D eigenvalue weighted by atomic mass is 32.2. The molecule has 0 amide bonds. The summed E-state index contributed by atoms with van der Waals surface area (Å²) in [6.45, 7) is 3.85. The largest absolute Gasteiger partial charge is 0.497 e. The van der Waals surface area contributed by atoms with Crippen molar-refractivity contribution in [1.29, 1.82) is 0 Å². The summed E-state index contributed by atoms with van der Waals surface area (Å²) in [6.07, 6.45) is 1.73. The predicted molar refractivity (Wildman–Crippen MR) is 102 cm³/mol. The number of thioether (sulfide) groups is 1. The number of nitrogens with zero attached hydrogens (tertiary/aromatic N) is 4. The molecule has 0 atom stereocenters. The van der Waals surface area contributed by atoms with Crippen LogP contribution in [0, 0.1) is 6.92 Å². The molecular weight excluding hydrogens is 368 g/mol. The van der Waals surface area contributed by atoms with Crippen LogP contribution in [0.3, 0.4) is 0 Å². The van der Waals surface area contributed by atoms with E-state index in [1.165, 1.54) is 11.8 Å². The van der Waals surface area contributed by atoms with Gasteiger partial charge in [0.1, 0.15) is 11.5 Å². The van der Waals surface area contributed by atoms with E-state index >= 15 is 0 Å². The van der Waals surface area contributed by atoms with Crippen molar-refractivity contribution in [3.63, 3.8) is 0 Å². The van der Waals surface area contributed by atoms with E-state index in [1.807, 2.05) is 19.1 Å². The monoisotopic (exact) mass is 388 g/mol. The van der Waals surface area contributed by atoms with E-state index in [4.69, 9.17) is 14.2 Å². The van der Waals surface area contributed by atoms with Gasteiger partial charge in [0.25, 0.3) is 0 Å². The average molecular weight is 388 g/mol. The summed E-state index contributed by atoms with van der Waals surface area (Å²) in [4.78, 5) is 12.6. The second-order valence-corrected chi connectivity index (χ2v) is 6.54. The molecule has 27 heavy (non-hydrogen) atoms. The quantitative estimate of drug-likeness (QED) is 0.555. The van der Waals surface area contributed by atoms with Crippen LogP contribution in [0.5, 0.6) is 11.5 Å². The van der Waals surface area contributed by atoms with Crippen LogP contribution in [-0.2, 0) is 9.53 Å². The van der Waals surface area contributed by atoms with Gasteiger partial charge < -0.3 is 14.2 Å². The van der Waals surface area contributed by atoms with Gasteiger partial charge in [0, 0.05) is 11.8 Å².